The van der Waals surface area contributed by atoms with Gasteiger partial charge in [0.1, 0.15) is 5.82 Å². The van der Waals surface area contributed by atoms with E-state index in [4.69, 9.17) is 0 Å². The highest BCUT2D eigenvalue weighted by Gasteiger charge is 2.54. The molecule has 2 fully saturated rings. The van der Waals surface area contributed by atoms with Gasteiger partial charge < -0.3 is 5.32 Å². The Kier molecular flexibility index (Phi) is 3.46. The molecule has 0 aromatic heterocycles. The molecule has 3 heteroatoms. The van der Waals surface area contributed by atoms with Gasteiger partial charge >= 0.3 is 0 Å². The zero-order valence-electron chi connectivity index (χ0n) is 10.6. The largest absolute Gasteiger partial charge is 0.313 e. The lowest BCUT2D eigenvalue weighted by atomic mass is 9.99. The first-order valence-corrected chi connectivity index (χ1v) is 7.64. The quantitative estimate of drug-likeness (QED) is 0.878. The normalized spacial score (nSPS) is 31.8. The van der Waals surface area contributed by atoms with Crippen molar-refractivity contribution in [2.24, 2.45) is 17.8 Å². The van der Waals surface area contributed by atoms with Gasteiger partial charge in [0.05, 0.1) is 0 Å². The van der Waals surface area contributed by atoms with E-state index in [-0.39, 0.29) is 11.9 Å². The first kappa shape index (κ1) is 12.6. The van der Waals surface area contributed by atoms with Gasteiger partial charge in [-0.15, -0.1) is 0 Å². The van der Waals surface area contributed by atoms with Crippen LogP contribution in [0.3, 0.4) is 0 Å². The molecule has 2 saturated carbocycles. The van der Waals surface area contributed by atoms with Gasteiger partial charge in [-0.2, -0.15) is 0 Å². The van der Waals surface area contributed by atoms with Crippen molar-refractivity contribution in [3.05, 3.63) is 34.1 Å². The molecule has 1 N–H and O–H groups in total. The Morgan fingerprint density at radius 3 is 2.56 bits per heavy atom. The van der Waals surface area contributed by atoms with Gasteiger partial charge in [0.25, 0.3) is 0 Å². The second-order valence-electron chi connectivity index (χ2n) is 5.62. The van der Waals surface area contributed by atoms with Gasteiger partial charge in [-0.3, -0.25) is 0 Å². The molecule has 98 valence electrons. The predicted molar refractivity (Wildman–Crippen MR) is 74.8 cm³/mol. The van der Waals surface area contributed by atoms with Crippen molar-refractivity contribution < 1.29 is 4.39 Å². The van der Waals surface area contributed by atoms with Crippen molar-refractivity contribution in [3.8, 4) is 0 Å². The fraction of sp³-hybridized carbons (Fsp3) is 0.600. The standard InChI is InChI=1S/C15H19BrFN/c1-18-15(12-8-9(16)6-7-13(12)17)14-10-4-2-3-5-11(10)14/h6-8,10-11,14-15,18H,2-5H2,1H3. The number of rotatable bonds is 3. The van der Waals surface area contributed by atoms with Crippen molar-refractivity contribution in [3.63, 3.8) is 0 Å². The first-order valence-electron chi connectivity index (χ1n) is 6.84. The molecule has 1 nitrogen and oxygen atoms in total. The first-order chi connectivity index (χ1) is 8.72. The summed E-state index contributed by atoms with van der Waals surface area (Å²) in [5.41, 5.74) is 0.825. The number of nitrogens with one attached hydrogen (secondary N) is 1. The molecule has 1 aromatic carbocycles. The number of hydrogen-bond donors (Lipinski definition) is 1. The maximum absolute atomic E-state index is 14.0. The number of halogens is 2. The molecular formula is C15H19BrFN. The molecule has 0 saturated heterocycles. The number of fused-ring (bicyclic) bond motifs is 1. The van der Waals surface area contributed by atoms with E-state index in [1.807, 2.05) is 13.1 Å². The summed E-state index contributed by atoms with van der Waals surface area (Å²) in [6.07, 6.45) is 5.39. The van der Waals surface area contributed by atoms with E-state index in [1.54, 1.807) is 12.1 Å². The molecule has 0 amide bonds. The maximum Gasteiger partial charge on any atom is 0.128 e. The van der Waals surface area contributed by atoms with Crippen LogP contribution < -0.4 is 5.32 Å². The summed E-state index contributed by atoms with van der Waals surface area (Å²) in [7, 11) is 1.95. The number of benzene rings is 1. The van der Waals surface area contributed by atoms with E-state index < -0.39 is 0 Å². The van der Waals surface area contributed by atoms with Crippen LogP contribution in [-0.2, 0) is 0 Å². The fourth-order valence-electron chi connectivity index (χ4n) is 3.85. The summed E-state index contributed by atoms with van der Waals surface area (Å²) in [6, 6.07) is 5.44. The summed E-state index contributed by atoms with van der Waals surface area (Å²) in [5, 5.41) is 3.34. The molecule has 0 aliphatic heterocycles. The van der Waals surface area contributed by atoms with Crippen LogP contribution in [-0.4, -0.2) is 7.05 Å². The molecule has 18 heavy (non-hydrogen) atoms. The van der Waals surface area contributed by atoms with Gasteiger partial charge in [0.2, 0.25) is 0 Å². The highest BCUT2D eigenvalue weighted by Crippen LogP contribution is 2.60. The Balaban J connectivity index is 1.86. The maximum atomic E-state index is 14.0. The monoisotopic (exact) mass is 311 g/mol. The second-order valence-corrected chi connectivity index (χ2v) is 6.54. The van der Waals surface area contributed by atoms with Crippen LogP contribution in [0.1, 0.15) is 37.3 Å². The van der Waals surface area contributed by atoms with Gasteiger partial charge in [-0.25, -0.2) is 4.39 Å². The van der Waals surface area contributed by atoms with Crippen molar-refractivity contribution >= 4 is 15.9 Å². The highest BCUT2D eigenvalue weighted by molar-refractivity contribution is 9.10. The van der Waals surface area contributed by atoms with E-state index in [9.17, 15) is 4.39 Å². The van der Waals surface area contributed by atoms with Crippen LogP contribution in [0.5, 0.6) is 0 Å². The smallest absolute Gasteiger partial charge is 0.128 e. The minimum absolute atomic E-state index is 0.0822. The molecule has 0 spiro atoms. The summed E-state index contributed by atoms with van der Waals surface area (Å²) < 4.78 is 15.0. The average Bonchev–Trinajstić information content (AvgIpc) is 3.09. The molecule has 0 heterocycles. The average molecular weight is 312 g/mol. The van der Waals surface area contributed by atoms with Gasteiger partial charge in [-0.1, -0.05) is 28.8 Å². The van der Waals surface area contributed by atoms with Crippen molar-refractivity contribution in [2.45, 2.75) is 31.7 Å². The van der Waals surface area contributed by atoms with Gasteiger partial charge in [0, 0.05) is 16.1 Å². The molecular weight excluding hydrogens is 293 g/mol. The third-order valence-corrected chi connectivity index (χ3v) is 5.21. The summed E-state index contributed by atoms with van der Waals surface area (Å²) in [6.45, 7) is 0. The third-order valence-electron chi connectivity index (χ3n) is 4.71. The zero-order valence-corrected chi connectivity index (χ0v) is 12.2. The van der Waals surface area contributed by atoms with Crippen LogP contribution >= 0.6 is 15.9 Å². The topological polar surface area (TPSA) is 12.0 Å². The fourth-order valence-corrected chi connectivity index (χ4v) is 4.23. The van der Waals surface area contributed by atoms with Gasteiger partial charge in [0.15, 0.2) is 0 Å². The summed E-state index contributed by atoms with van der Waals surface area (Å²) in [5.74, 6) is 2.21. The third kappa shape index (κ3) is 2.12. The van der Waals surface area contributed by atoms with E-state index >= 15 is 0 Å². The molecule has 3 atom stereocenters. The van der Waals surface area contributed by atoms with E-state index in [0.29, 0.717) is 5.92 Å². The molecule has 1 aromatic rings. The van der Waals surface area contributed by atoms with Gasteiger partial charge in [-0.05, 0) is 55.8 Å². The lowest BCUT2D eigenvalue weighted by molar-refractivity contribution is 0.457. The Hall–Kier alpha value is -0.410. The van der Waals surface area contributed by atoms with Crippen LogP contribution in [0, 0.1) is 23.6 Å². The minimum Gasteiger partial charge on any atom is -0.313 e. The van der Waals surface area contributed by atoms with Crippen LogP contribution in [0.2, 0.25) is 0 Å². The Bertz CT molecular complexity index is 436. The Morgan fingerprint density at radius 1 is 1.28 bits per heavy atom. The van der Waals surface area contributed by atoms with Crippen LogP contribution in [0.15, 0.2) is 22.7 Å². The summed E-state index contributed by atoms with van der Waals surface area (Å²) in [4.78, 5) is 0. The highest BCUT2D eigenvalue weighted by atomic mass is 79.9. The molecule has 0 bridgehead atoms. The molecule has 0 radical (unpaired) electrons. The molecule has 2 aliphatic carbocycles. The predicted octanol–water partition coefficient (Wildman–Crippen LogP) is 4.28. The van der Waals surface area contributed by atoms with Crippen molar-refractivity contribution in [1.29, 1.82) is 0 Å². The molecule has 3 unspecified atom stereocenters. The Morgan fingerprint density at radius 2 is 1.94 bits per heavy atom. The second kappa shape index (κ2) is 4.93. The molecule has 2 aliphatic rings. The van der Waals surface area contributed by atoms with Crippen LogP contribution in [0.4, 0.5) is 4.39 Å². The zero-order chi connectivity index (χ0) is 12.7. The Labute approximate surface area is 116 Å². The summed E-state index contributed by atoms with van der Waals surface area (Å²) >= 11 is 3.45. The number of hydrogen-bond acceptors (Lipinski definition) is 1. The lowest BCUT2D eigenvalue weighted by Crippen LogP contribution is -2.21. The SMILES string of the molecule is CNC(c1cc(Br)ccc1F)C1C2CCCCC21. The minimum atomic E-state index is -0.0822. The van der Waals surface area contributed by atoms with E-state index in [1.165, 1.54) is 25.7 Å². The van der Waals surface area contributed by atoms with Crippen molar-refractivity contribution in [2.75, 3.05) is 7.05 Å². The molecule has 3 rings (SSSR count). The lowest BCUT2D eigenvalue weighted by Gasteiger charge is -2.18. The van der Waals surface area contributed by atoms with E-state index in [2.05, 4.69) is 21.2 Å². The van der Waals surface area contributed by atoms with Crippen LogP contribution in [0.25, 0.3) is 0 Å². The van der Waals surface area contributed by atoms with E-state index in [0.717, 1.165) is 21.9 Å². The van der Waals surface area contributed by atoms with Crippen molar-refractivity contribution in [1.82, 2.24) is 5.32 Å².